The Kier molecular flexibility index (Phi) is 5.67. The molecule has 0 fully saturated rings. The van der Waals surface area contributed by atoms with E-state index in [2.05, 4.69) is 26.1 Å². The summed E-state index contributed by atoms with van der Waals surface area (Å²) in [6.45, 7) is 8.21. The normalized spacial score (nSPS) is 12.2. The minimum Gasteiger partial charge on any atom is -0.493 e. The van der Waals surface area contributed by atoms with Crippen molar-refractivity contribution in [3.63, 3.8) is 0 Å². The second kappa shape index (κ2) is 7.05. The number of hydrogen-bond donors (Lipinski definition) is 2. The monoisotopic (exact) mass is 236 g/mol. The molecule has 96 valence electrons. The lowest BCUT2D eigenvalue weighted by Crippen LogP contribution is -2.10. The average Bonchev–Trinajstić information content (AvgIpc) is 2.32. The molecular weight excluding hydrogens is 212 g/mol. The average molecular weight is 236 g/mol. The van der Waals surface area contributed by atoms with Gasteiger partial charge in [0.25, 0.3) is 0 Å². The van der Waals surface area contributed by atoms with Crippen LogP contribution in [0.5, 0.6) is 5.75 Å². The maximum absolute atomic E-state index is 5.85. The molecule has 0 aromatic heterocycles. The van der Waals surface area contributed by atoms with Gasteiger partial charge in [0, 0.05) is 30.1 Å². The maximum atomic E-state index is 5.85. The van der Waals surface area contributed by atoms with E-state index in [4.69, 9.17) is 10.5 Å². The molecule has 1 atom stereocenters. The van der Waals surface area contributed by atoms with E-state index >= 15 is 0 Å². The van der Waals surface area contributed by atoms with E-state index in [9.17, 15) is 0 Å². The lowest BCUT2D eigenvalue weighted by Gasteiger charge is -2.13. The van der Waals surface area contributed by atoms with Gasteiger partial charge in [-0.1, -0.05) is 27.2 Å². The van der Waals surface area contributed by atoms with Gasteiger partial charge < -0.3 is 15.8 Å². The minimum absolute atomic E-state index is 0.663. The zero-order valence-corrected chi connectivity index (χ0v) is 11.1. The van der Waals surface area contributed by atoms with Crippen LogP contribution in [0.4, 0.5) is 11.4 Å². The molecule has 0 heterocycles. The number of anilines is 2. The molecule has 1 rings (SSSR count). The summed E-state index contributed by atoms with van der Waals surface area (Å²) in [5.41, 5.74) is 7.63. The number of hydrogen-bond acceptors (Lipinski definition) is 3. The predicted molar refractivity (Wildman–Crippen MR) is 74.6 cm³/mol. The van der Waals surface area contributed by atoms with E-state index in [0.29, 0.717) is 5.92 Å². The van der Waals surface area contributed by atoms with Crippen LogP contribution in [0.2, 0.25) is 0 Å². The zero-order valence-electron chi connectivity index (χ0n) is 11.1. The van der Waals surface area contributed by atoms with Gasteiger partial charge in [-0.2, -0.15) is 0 Å². The van der Waals surface area contributed by atoms with Crippen LogP contribution in [0, 0.1) is 5.92 Å². The van der Waals surface area contributed by atoms with E-state index in [1.54, 1.807) is 0 Å². The zero-order chi connectivity index (χ0) is 12.7. The molecule has 0 bridgehead atoms. The summed E-state index contributed by atoms with van der Waals surface area (Å²) in [7, 11) is 0. The number of rotatable bonds is 7. The number of nitrogen functional groups attached to an aromatic ring is 1. The van der Waals surface area contributed by atoms with Crippen molar-refractivity contribution in [1.29, 1.82) is 0 Å². The van der Waals surface area contributed by atoms with Crippen LogP contribution in [0.15, 0.2) is 18.2 Å². The molecule has 0 amide bonds. The number of benzene rings is 1. The van der Waals surface area contributed by atoms with Crippen molar-refractivity contribution >= 4 is 11.4 Å². The van der Waals surface area contributed by atoms with Gasteiger partial charge in [-0.25, -0.2) is 0 Å². The molecule has 3 N–H and O–H groups in total. The summed E-state index contributed by atoms with van der Waals surface area (Å²) in [6, 6.07) is 5.82. The molecule has 0 spiro atoms. The molecule has 1 aromatic rings. The quantitative estimate of drug-likeness (QED) is 0.712. The van der Waals surface area contributed by atoms with Crippen LogP contribution in [0.1, 0.15) is 33.6 Å². The van der Waals surface area contributed by atoms with Gasteiger partial charge >= 0.3 is 0 Å². The third kappa shape index (κ3) is 4.98. The van der Waals surface area contributed by atoms with E-state index < -0.39 is 0 Å². The molecular formula is C14H24N2O. The molecule has 3 nitrogen and oxygen atoms in total. The van der Waals surface area contributed by atoms with Crippen molar-refractivity contribution in [3.8, 4) is 5.75 Å². The standard InChI is InChI=1S/C14H24N2O/c1-4-6-17-14-8-12(15)7-13(9-14)16-10-11(3)5-2/h7-9,11,16H,4-6,10,15H2,1-3H3. The van der Waals surface area contributed by atoms with Gasteiger partial charge in [0.05, 0.1) is 6.61 Å². The molecule has 0 aliphatic heterocycles. The second-order valence-corrected chi connectivity index (χ2v) is 4.53. The Bertz CT molecular complexity index is 339. The Morgan fingerprint density at radius 1 is 1.29 bits per heavy atom. The van der Waals surface area contributed by atoms with E-state index in [0.717, 1.165) is 36.7 Å². The molecule has 3 heteroatoms. The summed E-state index contributed by atoms with van der Waals surface area (Å²) < 4.78 is 5.59. The maximum Gasteiger partial charge on any atom is 0.123 e. The molecule has 1 unspecified atom stereocenters. The highest BCUT2D eigenvalue weighted by atomic mass is 16.5. The molecule has 17 heavy (non-hydrogen) atoms. The van der Waals surface area contributed by atoms with Gasteiger partial charge in [-0.05, 0) is 18.4 Å². The van der Waals surface area contributed by atoms with Crippen molar-refractivity contribution in [2.24, 2.45) is 5.92 Å². The first-order chi connectivity index (χ1) is 8.15. The molecule has 0 saturated carbocycles. The van der Waals surface area contributed by atoms with Gasteiger partial charge in [-0.15, -0.1) is 0 Å². The topological polar surface area (TPSA) is 47.3 Å². The SMILES string of the molecule is CCCOc1cc(N)cc(NCC(C)CC)c1. The second-order valence-electron chi connectivity index (χ2n) is 4.53. The molecule has 0 aliphatic rings. The Morgan fingerprint density at radius 3 is 2.71 bits per heavy atom. The third-order valence-corrected chi connectivity index (χ3v) is 2.75. The smallest absolute Gasteiger partial charge is 0.123 e. The molecule has 0 saturated heterocycles. The Balaban J connectivity index is 2.61. The van der Waals surface area contributed by atoms with Crippen LogP contribution in [-0.4, -0.2) is 13.2 Å². The Hall–Kier alpha value is -1.38. The number of nitrogens with one attached hydrogen (secondary N) is 1. The summed E-state index contributed by atoms with van der Waals surface area (Å²) >= 11 is 0. The minimum atomic E-state index is 0.663. The van der Waals surface area contributed by atoms with Crippen LogP contribution < -0.4 is 15.8 Å². The van der Waals surface area contributed by atoms with Gasteiger partial charge in [-0.3, -0.25) is 0 Å². The molecule has 0 aliphatic carbocycles. The van der Waals surface area contributed by atoms with Crippen LogP contribution >= 0.6 is 0 Å². The van der Waals surface area contributed by atoms with Crippen molar-refractivity contribution in [2.45, 2.75) is 33.6 Å². The summed E-state index contributed by atoms with van der Waals surface area (Å²) in [6.07, 6.45) is 2.18. The first-order valence-corrected chi connectivity index (χ1v) is 6.43. The van der Waals surface area contributed by atoms with Gasteiger partial charge in [0.1, 0.15) is 5.75 Å². The highest BCUT2D eigenvalue weighted by molar-refractivity contribution is 5.59. The largest absolute Gasteiger partial charge is 0.493 e. The number of ether oxygens (including phenoxy) is 1. The first kappa shape index (κ1) is 13.7. The fourth-order valence-electron chi connectivity index (χ4n) is 1.46. The lowest BCUT2D eigenvalue weighted by molar-refractivity contribution is 0.318. The highest BCUT2D eigenvalue weighted by Gasteiger charge is 2.02. The van der Waals surface area contributed by atoms with Crippen LogP contribution in [-0.2, 0) is 0 Å². The Morgan fingerprint density at radius 2 is 2.06 bits per heavy atom. The van der Waals surface area contributed by atoms with Crippen molar-refractivity contribution < 1.29 is 4.74 Å². The summed E-state index contributed by atoms with van der Waals surface area (Å²) in [5, 5.41) is 3.39. The van der Waals surface area contributed by atoms with Crippen LogP contribution in [0.25, 0.3) is 0 Å². The lowest BCUT2D eigenvalue weighted by atomic mass is 10.1. The highest BCUT2D eigenvalue weighted by Crippen LogP contribution is 2.23. The molecule has 1 aromatic carbocycles. The van der Waals surface area contributed by atoms with Crippen molar-refractivity contribution in [3.05, 3.63) is 18.2 Å². The predicted octanol–water partition coefficient (Wildman–Crippen LogP) is 3.52. The summed E-state index contributed by atoms with van der Waals surface area (Å²) in [5.74, 6) is 1.51. The van der Waals surface area contributed by atoms with Crippen LogP contribution in [0.3, 0.4) is 0 Å². The first-order valence-electron chi connectivity index (χ1n) is 6.43. The fourth-order valence-corrected chi connectivity index (χ4v) is 1.46. The van der Waals surface area contributed by atoms with Gasteiger partial charge in [0.2, 0.25) is 0 Å². The van der Waals surface area contributed by atoms with E-state index in [1.165, 1.54) is 6.42 Å². The van der Waals surface area contributed by atoms with Crippen molar-refractivity contribution in [1.82, 2.24) is 0 Å². The molecule has 0 radical (unpaired) electrons. The third-order valence-electron chi connectivity index (χ3n) is 2.75. The van der Waals surface area contributed by atoms with Crippen molar-refractivity contribution in [2.75, 3.05) is 24.2 Å². The van der Waals surface area contributed by atoms with E-state index in [-0.39, 0.29) is 0 Å². The van der Waals surface area contributed by atoms with E-state index in [1.807, 2.05) is 18.2 Å². The Labute approximate surface area is 104 Å². The van der Waals surface area contributed by atoms with Gasteiger partial charge in [0.15, 0.2) is 0 Å². The fraction of sp³-hybridized carbons (Fsp3) is 0.571. The number of nitrogens with two attached hydrogens (primary N) is 1. The summed E-state index contributed by atoms with van der Waals surface area (Å²) in [4.78, 5) is 0.